The normalized spacial score (nSPS) is 12.2. The third kappa shape index (κ3) is 3.69. The van der Waals surface area contributed by atoms with Crippen LogP contribution in [0.25, 0.3) is 0 Å². The average molecular weight is 354 g/mol. The van der Waals surface area contributed by atoms with Gasteiger partial charge in [0.1, 0.15) is 0 Å². The van der Waals surface area contributed by atoms with E-state index in [4.69, 9.17) is 4.74 Å². The number of esters is 1. The van der Waals surface area contributed by atoms with Gasteiger partial charge in [-0.05, 0) is 47.0 Å². The molecule has 2 rings (SSSR count). The van der Waals surface area contributed by atoms with Crippen LogP contribution in [0.4, 0.5) is 0 Å². The Morgan fingerprint density at radius 2 is 2.25 bits per heavy atom. The molecule has 3 nitrogen and oxygen atoms in total. The Morgan fingerprint density at radius 1 is 1.45 bits per heavy atom. The predicted octanol–water partition coefficient (Wildman–Crippen LogP) is 4.15. The van der Waals surface area contributed by atoms with Gasteiger partial charge < -0.3 is 10.1 Å². The molecule has 1 heterocycles. The molecule has 0 aliphatic heterocycles. The second-order valence-electron chi connectivity index (χ2n) is 4.46. The largest absolute Gasteiger partial charge is 0.465 e. The van der Waals surface area contributed by atoms with Crippen LogP contribution >= 0.6 is 27.3 Å². The summed E-state index contributed by atoms with van der Waals surface area (Å²) < 4.78 is 5.61. The maximum atomic E-state index is 11.4. The van der Waals surface area contributed by atoms with E-state index in [1.165, 1.54) is 12.7 Å². The standard InChI is InChI=1S/C15H16BrNO2S/c1-10(13-5-6-20-9-13)17-8-12-4-3-11(7-14(12)16)15(18)19-2/h3-7,9-10,17H,8H2,1-2H3. The highest BCUT2D eigenvalue weighted by atomic mass is 79.9. The number of ether oxygens (including phenoxy) is 1. The lowest BCUT2D eigenvalue weighted by atomic mass is 10.1. The zero-order valence-electron chi connectivity index (χ0n) is 11.4. The molecule has 0 radical (unpaired) electrons. The van der Waals surface area contributed by atoms with E-state index < -0.39 is 0 Å². The molecule has 1 unspecified atom stereocenters. The van der Waals surface area contributed by atoms with Gasteiger partial charge in [-0.3, -0.25) is 0 Å². The molecule has 2 aromatic rings. The number of hydrogen-bond acceptors (Lipinski definition) is 4. The second-order valence-corrected chi connectivity index (χ2v) is 6.09. The predicted molar refractivity (Wildman–Crippen MR) is 85.1 cm³/mol. The SMILES string of the molecule is COC(=O)c1ccc(CNC(C)c2ccsc2)c(Br)c1. The summed E-state index contributed by atoms with van der Waals surface area (Å²) >= 11 is 5.20. The number of methoxy groups -OCH3 is 1. The van der Waals surface area contributed by atoms with Gasteiger partial charge in [-0.15, -0.1) is 0 Å². The van der Waals surface area contributed by atoms with E-state index in [0.29, 0.717) is 11.6 Å². The molecule has 0 saturated carbocycles. The molecular formula is C15H16BrNO2S. The van der Waals surface area contributed by atoms with Crippen LogP contribution in [0.5, 0.6) is 0 Å². The summed E-state index contributed by atoms with van der Waals surface area (Å²) in [6.07, 6.45) is 0. The molecule has 5 heteroatoms. The number of carbonyl (C=O) groups excluding carboxylic acids is 1. The molecule has 1 atom stereocenters. The molecule has 0 amide bonds. The summed E-state index contributed by atoms with van der Waals surface area (Å²) in [6.45, 7) is 2.87. The van der Waals surface area contributed by atoms with Gasteiger partial charge in [0, 0.05) is 17.1 Å². The van der Waals surface area contributed by atoms with Crippen LogP contribution in [-0.2, 0) is 11.3 Å². The van der Waals surface area contributed by atoms with Crippen LogP contribution in [0.2, 0.25) is 0 Å². The number of halogens is 1. The van der Waals surface area contributed by atoms with Crippen molar-refractivity contribution in [3.63, 3.8) is 0 Å². The van der Waals surface area contributed by atoms with Crippen molar-refractivity contribution < 1.29 is 9.53 Å². The van der Waals surface area contributed by atoms with E-state index >= 15 is 0 Å². The quantitative estimate of drug-likeness (QED) is 0.820. The van der Waals surface area contributed by atoms with E-state index in [1.54, 1.807) is 23.5 Å². The van der Waals surface area contributed by atoms with Crippen LogP contribution < -0.4 is 5.32 Å². The Morgan fingerprint density at radius 3 is 2.85 bits per heavy atom. The zero-order chi connectivity index (χ0) is 14.5. The maximum absolute atomic E-state index is 11.4. The van der Waals surface area contributed by atoms with E-state index in [9.17, 15) is 4.79 Å². The lowest BCUT2D eigenvalue weighted by molar-refractivity contribution is 0.0600. The van der Waals surface area contributed by atoms with Crippen LogP contribution in [0.15, 0.2) is 39.5 Å². The number of nitrogens with one attached hydrogen (secondary N) is 1. The van der Waals surface area contributed by atoms with Crippen molar-refractivity contribution in [2.24, 2.45) is 0 Å². The van der Waals surface area contributed by atoms with Gasteiger partial charge in [0.25, 0.3) is 0 Å². The van der Waals surface area contributed by atoms with E-state index in [2.05, 4.69) is 45.0 Å². The van der Waals surface area contributed by atoms with Crippen molar-refractivity contribution in [3.05, 3.63) is 56.2 Å². The summed E-state index contributed by atoms with van der Waals surface area (Å²) in [7, 11) is 1.38. The highest BCUT2D eigenvalue weighted by molar-refractivity contribution is 9.10. The fourth-order valence-electron chi connectivity index (χ4n) is 1.84. The molecule has 0 bridgehead atoms. The number of carbonyl (C=O) groups is 1. The van der Waals surface area contributed by atoms with E-state index in [0.717, 1.165) is 16.6 Å². The van der Waals surface area contributed by atoms with Gasteiger partial charge in [0.2, 0.25) is 0 Å². The van der Waals surface area contributed by atoms with Gasteiger partial charge >= 0.3 is 5.97 Å². The first-order chi connectivity index (χ1) is 9.61. The smallest absolute Gasteiger partial charge is 0.337 e. The van der Waals surface area contributed by atoms with Crippen molar-refractivity contribution in [1.82, 2.24) is 5.32 Å². The van der Waals surface area contributed by atoms with Gasteiger partial charge in [-0.25, -0.2) is 4.79 Å². The van der Waals surface area contributed by atoms with Crippen molar-refractivity contribution in [3.8, 4) is 0 Å². The minimum atomic E-state index is -0.322. The Bertz CT molecular complexity index is 584. The third-order valence-electron chi connectivity index (χ3n) is 3.12. The van der Waals surface area contributed by atoms with Gasteiger partial charge in [-0.1, -0.05) is 22.0 Å². The summed E-state index contributed by atoms with van der Waals surface area (Å²) in [5, 5.41) is 7.69. The Kier molecular flexibility index (Phi) is 5.34. The first-order valence-electron chi connectivity index (χ1n) is 6.24. The maximum Gasteiger partial charge on any atom is 0.337 e. The third-order valence-corrected chi connectivity index (χ3v) is 4.56. The van der Waals surface area contributed by atoms with Crippen molar-refractivity contribution >= 4 is 33.2 Å². The highest BCUT2D eigenvalue weighted by Crippen LogP contribution is 2.21. The van der Waals surface area contributed by atoms with Gasteiger partial charge in [0.05, 0.1) is 12.7 Å². The summed E-state index contributed by atoms with van der Waals surface area (Å²) in [5.74, 6) is -0.322. The molecule has 1 aromatic carbocycles. The molecule has 0 aliphatic carbocycles. The Hall–Kier alpha value is -1.17. The zero-order valence-corrected chi connectivity index (χ0v) is 13.8. The minimum absolute atomic E-state index is 0.299. The summed E-state index contributed by atoms with van der Waals surface area (Å²) in [5.41, 5.74) is 2.95. The molecule has 0 saturated heterocycles. The molecule has 106 valence electrons. The number of hydrogen-bond donors (Lipinski definition) is 1. The number of benzene rings is 1. The Labute approximate surface area is 131 Å². The lowest BCUT2D eigenvalue weighted by Gasteiger charge is -2.14. The molecule has 20 heavy (non-hydrogen) atoms. The van der Waals surface area contributed by atoms with Crippen LogP contribution in [0, 0.1) is 0 Å². The average Bonchev–Trinajstić information content (AvgIpc) is 2.99. The topological polar surface area (TPSA) is 38.3 Å². The van der Waals surface area contributed by atoms with Gasteiger partial charge in [0.15, 0.2) is 0 Å². The molecular weight excluding hydrogens is 338 g/mol. The highest BCUT2D eigenvalue weighted by Gasteiger charge is 2.10. The molecule has 0 spiro atoms. The first-order valence-corrected chi connectivity index (χ1v) is 7.97. The van der Waals surface area contributed by atoms with Gasteiger partial charge in [-0.2, -0.15) is 11.3 Å². The molecule has 1 aromatic heterocycles. The fraction of sp³-hybridized carbons (Fsp3) is 0.267. The Balaban J connectivity index is 2.01. The number of rotatable bonds is 5. The summed E-state index contributed by atoms with van der Waals surface area (Å²) in [4.78, 5) is 11.4. The molecule has 0 aliphatic rings. The van der Waals surface area contributed by atoms with Crippen LogP contribution in [0.1, 0.15) is 34.5 Å². The monoisotopic (exact) mass is 353 g/mol. The lowest BCUT2D eigenvalue weighted by Crippen LogP contribution is -2.18. The fourth-order valence-corrected chi connectivity index (χ4v) is 3.11. The second kappa shape index (κ2) is 7.02. The van der Waals surface area contributed by atoms with Crippen molar-refractivity contribution in [2.45, 2.75) is 19.5 Å². The minimum Gasteiger partial charge on any atom is -0.465 e. The first kappa shape index (κ1) is 15.2. The molecule has 1 N–H and O–H groups in total. The van der Waals surface area contributed by atoms with Crippen molar-refractivity contribution in [2.75, 3.05) is 7.11 Å². The van der Waals surface area contributed by atoms with E-state index in [1.807, 2.05) is 6.07 Å². The van der Waals surface area contributed by atoms with Crippen LogP contribution in [-0.4, -0.2) is 13.1 Å². The summed E-state index contributed by atoms with van der Waals surface area (Å²) in [6, 6.07) is 7.93. The number of thiophene rings is 1. The van der Waals surface area contributed by atoms with E-state index in [-0.39, 0.29) is 5.97 Å². The molecule has 0 fully saturated rings. The van der Waals surface area contributed by atoms with Crippen LogP contribution in [0.3, 0.4) is 0 Å². The van der Waals surface area contributed by atoms with Crippen molar-refractivity contribution in [1.29, 1.82) is 0 Å².